The van der Waals surface area contributed by atoms with E-state index in [1.54, 1.807) is 6.20 Å². The summed E-state index contributed by atoms with van der Waals surface area (Å²) in [4.78, 5) is 4.02. The minimum Gasteiger partial charge on any atom is -0.315 e. The van der Waals surface area contributed by atoms with Gasteiger partial charge in [0.25, 0.3) is 0 Å². The third-order valence-corrected chi connectivity index (χ3v) is 4.49. The van der Waals surface area contributed by atoms with Crippen molar-refractivity contribution in [3.8, 4) is 0 Å². The van der Waals surface area contributed by atoms with Gasteiger partial charge in [0.05, 0.1) is 17.8 Å². The first-order valence-electron chi connectivity index (χ1n) is 5.86. The van der Waals surface area contributed by atoms with Gasteiger partial charge in [-0.2, -0.15) is 0 Å². The highest BCUT2D eigenvalue weighted by Gasteiger charge is 2.25. The van der Waals surface area contributed by atoms with E-state index >= 15 is 0 Å². The van der Waals surface area contributed by atoms with Crippen molar-refractivity contribution >= 4 is 21.4 Å². The third kappa shape index (κ3) is 2.65. The van der Waals surface area contributed by atoms with Crippen LogP contribution in [0.1, 0.15) is 43.8 Å². The van der Waals surface area contributed by atoms with E-state index < -0.39 is 9.84 Å². The van der Waals surface area contributed by atoms with E-state index in [9.17, 15) is 8.42 Å². The van der Waals surface area contributed by atoms with Crippen LogP contribution in [0.2, 0.25) is 0 Å². The minimum absolute atomic E-state index is 0.167. The summed E-state index contributed by atoms with van der Waals surface area (Å²) in [5.74, 6) is 0.305. The van der Waals surface area contributed by atoms with Crippen LogP contribution in [0.3, 0.4) is 0 Å². The number of nitrogens with zero attached hydrogens (tertiary/aromatic N) is 2. The van der Waals surface area contributed by atoms with Crippen molar-refractivity contribution in [2.24, 2.45) is 0 Å². The van der Waals surface area contributed by atoms with Crippen molar-refractivity contribution in [3.63, 3.8) is 0 Å². The zero-order valence-electron chi connectivity index (χ0n) is 9.89. The molecule has 0 spiro atoms. The minimum atomic E-state index is -3.28. The highest BCUT2D eigenvalue weighted by atomic mass is 35.5. The molecule has 0 atom stereocenters. The predicted molar refractivity (Wildman–Crippen MR) is 67.0 cm³/mol. The Morgan fingerprint density at radius 1 is 1.41 bits per heavy atom. The summed E-state index contributed by atoms with van der Waals surface area (Å²) in [5.41, 5.74) is 0.805. The molecule has 0 N–H and O–H groups in total. The van der Waals surface area contributed by atoms with Gasteiger partial charge in [-0.25, -0.2) is 13.4 Å². The molecule has 0 radical (unpaired) electrons. The van der Waals surface area contributed by atoms with E-state index in [-0.39, 0.29) is 11.2 Å². The van der Waals surface area contributed by atoms with Crippen LogP contribution in [0.4, 0.5) is 0 Å². The van der Waals surface area contributed by atoms with Gasteiger partial charge < -0.3 is 4.57 Å². The summed E-state index contributed by atoms with van der Waals surface area (Å²) in [5, 5.41) is 0.167. The molecule has 1 aliphatic carbocycles. The summed E-state index contributed by atoms with van der Waals surface area (Å²) in [6.45, 7) is 0. The fraction of sp³-hybridized carbons (Fsp3) is 0.727. The highest BCUT2D eigenvalue weighted by Crippen LogP contribution is 2.31. The van der Waals surface area contributed by atoms with E-state index in [2.05, 4.69) is 4.98 Å². The quantitative estimate of drug-likeness (QED) is 0.797. The average Bonchev–Trinajstić information content (AvgIpc) is 2.73. The van der Waals surface area contributed by atoms with Crippen molar-refractivity contribution in [1.29, 1.82) is 0 Å². The van der Waals surface area contributed by atoms with Gasteiger partial charge in [0.1, 0.15) is 0 Å². The fourth-order valence-electron chi connectivity index (χ4n) is 2.48. The lowest BCUT2D eigenvalue weighted by atomic mass is 9.95. The first kappa shape index (κ1) is 12.9. The van der Waals surface area contributed by atoms with Crippen LogP contribution in [-0.4, -0.2) is 24.2 Å². The second kappa shape index (κ2) is 4.98. The molecule has 1 fully saturated rings. The van der Waals surface area contributed by atoms with Crippen molar-refractivity contribution in [2.75, 3.05) is 6.26 Å². The normalized spacial score (nSPS) is 18.5. The Kier molecular flexibility index (Phi) is 3.78. The SMILES string of the molecule is CS(=O)(=O)c1ncc(CCl)n1C1CCCCC1. The Bertz CT molecular complexity index is 490. The number of imidazole rings is 1. The number of halogens is 1. The maximum absolute atomic E-state index is 11.7. The van der Waals surface area contributed by atoms with Crippen molar-refractivity contribution < 1.29 is 8.42 Å². The van der Waals surface area contributed by atoms with Crippen molar-refractivity contribution in [2.45, 2.75) is 49.2 Å². The summed E-state index contributed by atoms with van der Waals surface area (Å²) in [6.07, 6.45) is 8.34. The van der Waals surface area contributed by atoms with Crippen LogP contribution >= 0.6 is 11.6 Å². The van der Waals surface area contributed by atoms with E-state index in [0.717, 1.165) is 31.4 Å². The number of hydrogen-bond acceptors (Lipinski definition) is 3. The Labute approximate surface area is 107 Å². The predicted octanol–water partition coefficient (Wildman–Crippen LogP) is 2.53. The topological polar surface area (TPSA) is 52.0 Å². The molecule has 1 aromatic heterocycles. The van der Waals surface area contributed by atoms with E-state index in [1.165, 1.54) is 12.7 Å². The molecule has 4 nitrogen and oxygen atoms in total. The molecular formula is C11H17ClN2O2S. The molecule has 0 aromatic carbocycles. The molecule has 0 saturated heterocycles. The maximum atomic E-state index is 11.7. The number of rotatable bonds is 3. The van der Waals surface area contributed by atoms with Gasteiger partial charge in [-0.15, -0.1) is 11.6 Å². The lowest BCUT2D eigenvalue weighted by molar-refractivity contribution is 0.329. The molecule has 1 heterocycles. The van der Waals surface area contributed by atoms with Crippen molar-refractivity contribution in [1.82, 2.24) is 9.55 Å². The van der Waals surface area contributed by atoms with Crippen molar-refractivity contribution in [3.05, 3.63) is 11.9 Å². The van der Waals surface area contributed by atoms with Crippen LogP contribution in [-0.2, 0) is 15.7 Å². The van der Waals surface area contributed by atoms with Gasteiger partial charge >= 0.3 is 0 Å². The number of aromatic nitrogens is 2. The maximum Gasteiger partial charge on any atom is 0.227 e. The lowest BCUT2D eigenvalue weighted by Gasteiger charge is -2.25. The molecule has 1 saturated carbocycles. The first-order chi connectivity index (χ1) is 8.04. The monoisotopic (exact) mass is 276 g/mol. The Hall–Kier alpha value is -0.550. The van der Waals surface area contributed by atoms with Crippen LogP contribution in [0.5, 0.6) is 0 Å². The van der Waals surface area contributed by atoms with E-state index in [0.29, 0.717) is 5.88 Å². The van der Waals surface area contributed by atoms with Gasteiger partial charge in [-0.1, -0.05) is 19.3 Å². The molecule has 2 rings (SSSR count). The fourth-order valence-corrected chi connectivity index (χ4v) is 3.55. The number of hydrogen-bond donors (Lipinski definition) is 0. The largest absolute Gasteiger partial charge is 0.315 e. The third-order valence-electron chi connectivity index (χ3n) is 3.25. The lowest BCUT2D eigenvalue weighted by Crippen LogP contribution is -2.19. The zero-order chi connectivity index (χ0) is 12.5. The van der Waals surface area contributed by atoms with Gasteiger partial charge in [0, 0.05) is 12.3 Å². The summed E-state index contributed by atoms with van der Waals surface area (Å²) in [6, 6.07) is 0.240. The molecule has 6 heteroatoms. The van der Waals surface area contributed by atoms with Gasteiger partial charge in [0.15, 0.2) is 0 Å². The molecule has 1 aliphatic rings. The first-order valence-corrected chi connectivity index (χ1v) is 8.28. The van der Waals surface area contributed by atoms with Crippen LogP contribution in [0.25, 0.3) is 0 Å². The van der Waals surface area contributed by atoms with Crippen LogP contribution in [0.15, 0.2) is 11.4 Å². The zero-order valence-corrected chi connectivity index (χ0v) is 11.5. The second-order valence-electron chi connectivity index (χ2n) is 4.60. The number of alkyl halides is 1. The molecule has 0 aliphatic heterocycles. The molecule has 96 valence electrons. The Morgan fingerprint density at radius 3 is 2.59 bits per heavy atom. The smallest absolute Gasteiger partial charge is 0.227 e. The summed E-state index contributed by atoms with van der Waals surface area (Å²) < 4.78 is 25.2. The van der Waals surface area contributed by atoms with Gasteiger partial charge in [0.2, 0.25) is 15.0 Å². The summed E-state index contributed by atoms with van der Waals surface area (Å²) >= 11 is 5.86. The molecular weight excluding hydrogens is 260 g/mol. The van der Waals surface area contributed by atoms with Crippen LogP contribution in [0, 0.1) is 0 Å². The Balaban J connectivity index is 2.45. The van der Waals surface area contributed by atoms with Gasteiger partial charge in [-0.3, -0.25) is 0 Å². The second-order valence-corrected chi connectivity index (χ2v) is 6.78. The van der Waals surface area contributed by atoms with E-state index in [4.69, 9.17) is 11.6 Å². The van der Waals surface area contributed by atoms with Gasteiger partial charge in [-0.05, 0) is 12.8 Å². The van der Waals surface area contributed by atoms with E-state index in [1.807, 2.05) is 4.57 Å². The molecule has 0 amide bonds. The molecule has 0 bridgehead atoms. The highest BCUT2D eigenvalue weighted by molar-refractivity contribution is 7.90. The Morgan fingerprint density at radius 2 is 2.06 bits per heavy atom. The average molecular weight is 277 g/mol. The summed E-state index contributed by atoms with van der Waals surface area (Å²) in [7, 11) is -3.28. The standard InChI is InChI=1S/C11H17ClN2O2S/c1-17(15,16)11-13-8-10(7-12)14(11)9-5-3-2-4-6-9/h8-9H,2-7H2,1H3. The molecule has 0 unspecified atom stereocenters. The molecule has 17 heavy (non-hydrogen) atoms. The van der Waals surface area contributed by atoms with Crippen LogP contribution < -0.4 is 0 Å². The molecule has 1 aromatic rings. The number of sulfone groups is 1.